The van der Waals surface area contributed by atoms with Gasteiger partial charge in [0.25, 0.3) is 0 Å². The van der Waals surface area contributed by atoms with Gasteiger partial charge in [0.05, 0.1) is 5.54 Å². The lowest BCUT2D eigenvalue weighted by Crippen LogP contribution is -2.45. The summed E-state index contributed by atoms with van der Waals surface area (Å²) in [6, 6.07) is 14.4. The number of para-hydroxylation sites is 1. The molecule has 2 aromatic rings. The Morgan fingerprint density at radius 2 is 1.80 bits per heavy atom. The third kappa shape index (κ3) is 2.86. The van der Waals surface area contributed by atoms with Crippen LogP contribution in [0.5, 0.6) is 0 Å². The first-order valence-corrected chi connectivity index (χ1v) is 8.25. The van der Waals surface area contributed by atoms with Gasteiger partial charge >= 0.3 is 0 Å². The van der Waals surface area contributed by atoms with Gasteiger partial charge in [0.15, 0.2) is 5.11 Å². The van der Waals surface area contributed by atoms with E-state index in [9.17, 15) is 0 Å². The lowest BCUT2D eigenvalue weighted by atomic mass is 9.96. The van der Waals surface area contributed by atoms with Crippen molar-refractivity contribution in [2.45, 2.75) is 31.2 Å². The molecule has 0 unspecified atom stereocenters. The first-order chi connectivity index (χ1) is 9.78. The van der Waals surface area contributed by atoms with Gasteiger partial charge in [-0.25, -0.2) is 0 Å². The van der Waals surface area contributed by atoms with Gasteiger partial charge in [0.1, 0.15) is 0 Å². The van der Waals surface area contributed by atoms with Crippen molar-refractivity contribution in [2.24, 2.45) is 0 Å². The minimum atomic E-state index is 0.0348. The molecule has 1 fully saturated rings. The van der Waals surface area contributed by atoms with Gasteiger partial charge in [-0.3, -0.25) is 0 Å². The van der Waals surface area contributed by atoms with Crippen LogP contribution >= 0.6 is 23.6 Å². The molecule has 2 nitrogen and oxygen atoms in total. The molecule has 20 heavy (non-hydrogen) atoms. The van der Waals surface area contributed by atoms with E-state index in [-0.39, 0.29) is 5.54 Å². The highest BCUT2D eigenvalue weighted by Crippen LogP contribution is 2.40. The van der Waals surface area contributed by atoms with Gasteiger partial charge in [-0.05, 0) is 48.6 Å². The summed E-state index contributed by atoms with van der Waals surface area (Å²) in [7, 11) is 0. The Kier molecular flexibility index (Phi) is 4.03. The minimum absolute atomic E-state index is 0.0348. The average Bonchev–Trinajstić information content (AvgIpc) is 3.10. The molecule has 4 heteroatoms. The number of rotatable bonds is 3. The zero-order valence-electron chi connectivity index (χ0n) is 11.3. The number of anilines is 1. The Balaban J connectivity index is 1.73. The molecule has 0 spiro atoms. The van der Waals surface area contributed by atoms with Crippen LogP contribution in [0, 0.1) is 0 Å². The maximum Gasteiger partial charge on any atom is 0.171 e. The monoisotopic (exact) mass is 302 g/mol. The van der Waals surface area contributed by atoms with Crippen molar-refractivity contribution in [3.05, 3.63) is 52.7 Å². The molecule has 0 amide bonds. The van der Waals surface area contributed by atoms with Gasteiger partial charge in [-0.2, -0.15) is 0 Å². The number of benzene rings is 1. The Morgan fingerprint density at radius 3 is 2.45 bits per heavy atom. The van der Waals surface area contributed by atoms with Crippen molar-refractivity contribution in [3.8, 4) is 0 Å². The summed E-state index contributed by atoms with van der Waals surface area (Å²) in [4.78, 5) is 1.40. The van der Waals surface area contributed by atoms with Crippen LogP contribution in [0.3, 0.4) is 0 Å². The van der Waals surface area contributed by atoms with Crippen LogP contribution in [0.1, 0.15) is 30.6 Å². The molecule has 1 aromatic heterocycles. The molecule has 0 saturated heterocycles. The molecule has 104 valence electrons. The largest absolute Gasteiger partial charge is 0.352 e. The smallest absolute Gasteiger partial charge is 0.171 e. The van der Waals surface area contributed by atoms with Crippen LogP contribution in [-0.2, 0) is 5.54 Å². The van der Waals surface area contributed by atoms with E-state index in [0.29, 0.717) is 5.11 Å². The molecule has 2 N–H and O–H groups in total. The second kappa shape index (κ2) is 5.94. The van der Waals surface area contributed by atoms with Gasteiger partial charge in [0, 0.05) is 10.6 Å². The number of thiophene rings is 1. The SMILES string of the molecule is S=C(Nc1ccccc1)NC1(c2cccs2)CCCC1. The predicted octanol–water partition coefficient (Wildman–Crippen LogP) is 4.50. The van der Waals surface area contributed by atoms with Crippen molar-refractivity contribution in [1.82, 2.24) is 5.32 Å². The van der Waals surface area contributed by atoms with Gasteiger partial charge in [-0.15, -0.1) is 11.3 Å². The highest BCUT2D eigenvalue weighted by molar-refractivity contribution is 7.80. The van der Waals surface area contributed by atoms with Crippen LogP contribution in [0.15, 0.2) is 47.8 Å². The maximum absolute atomic E-state index is 5.50. The highest BCUT2D eigenvalue weighted by Gasteiger charge is 2.37. The van der Waals surface area contributed by atoms with Crippen LogP contribution in [0.4, 0.5) is 5.69 Å². The van der Waals surface area contributed by atoms with E-state index in [1.807, 2.05) is 41.7 Å². The molecule has 3 rings (SSSR count). The molecule has 1 aromatic carbocycles. The van der Waals surface area contributed by atoms with Crippen LogP contribution < -0.4 is 10.6 Å². The van der Waals surface area contributed by atoms with Crippen molar-refractivity contribution < 1.29 is 0 Å². The Bertz CT molecular complexity index is 557. The van der Waals surface area contributed by atoms with Crippen molar-refractivity contribution >= 4 is 34.4 Å². The van der Waals surface area contributed by atoms with Gasteiger partial charge in [0.2, 0.25) is 0 Å². The zero-order valence-corrected chi connectivity index (χ0v) is 12.9. The fraction of sp³-hybridized carbons (Fsp3) is 0.312. The predicted molar refractivity (Wildman–Crippen MR) is 90.3 cm³/mol. The molecule has 0 aliphatic heterocycles. The molecule has 1 aliphatic rings. The molecule has 0 atom stereocenters. The summed E-state index contributed by atoms with van der Waals surface area (Å²) < 4.78 is 0. The van der Waals surface area contributed by atoms with E-state index < -0.39 is 0 Å². The quantitative estimate of drug-likeness (QED) is 0.816. The van der Waals surface area contributed by atoms with Crippen molar-refractivity contribution in [3.63, 3.8) is 0 Å². The van der Waals surface area contributed by atoms with E-state index >= 15 is 0 Å². The van der Waals surface area contributed by atoms with Crippen LogP contribution in [0.2, 0.25) is 0 Å². The molecule has 0 radical (unpaired) electrons. The van der Waals surface area contributed by atoms with E-state index in [2.05, 4.69) is 28.1 Å². The molecule has 1 saturated carbocycles. The minimum Gasteiger partial charge on any atom is -0.352 e. The van der Waals surface area contributed by atoms with Crippen molar-refractivity contribution in [2.75, 3.05) is 5.32 Å². The number of hydrogen-bond donors (Lipinski definition) is 2. The van der Waals surface area contributed by atoms with Crippen LogP contribution in [0.25, 0.3) is 0 Å². The normalized spacial score (nSPS) is 16.8. The number of nitrogens with one attached hydrogen (secondary N) is 2. The lowest BCUT2D eigenvalue weighted by Gasteiger charge is -2.31. The molecule has 1 aliphatic carbocycles. The number of hydrogen-bond acceptors (Lipinski definition) is 2. The summed E-state index contributed by atoms with van der Waals surface area (Å²) in [6.45, 7) is 0. The van der Waals surface area contributed by atoms with Gasteiger partial charge in [-0.1, -0.05) is 37.1 Å². The summed E-state index contributed by atoms with van der Waals surface area (Å²) >= 11 is 7.32. The first-order valence-electron chi connectivity index (χ1n) is 6.97. The number of thiocarbonyl (C=S) groups is 1. The third-order valence-electron chi connectivity index (χ3n) is 3.83. The zero-order chi connectivity index (χ0) is 13.8. The van der Waals surface area contributed by atoms with Crippen LogP contribution in [-0.4, -0.2) is 5.11 Å². The fourth-order valence-corrected chi connectivity index (χ4v) is 4.12. The second-order valence-electron chi connectivity index (χ2n) is 5.21. The molecular weight excluding hydrogens is 284 g/mol. The maximum atomic E-state index is 5.50. The topological polar surface area (TPSA) is 24.1 Å². The summed E-state index contributed by atoms with van der Waals surface area (Å²) in [5, 5.41) is 9.71. The van der Waals surface area contributed by atoms with E-state index in [1.165, 1.54) is 17.7 Å². The lowest BCUT2D eigenvalue weighted by molar-refractivity contribution is 0.417. The second-order valence-corrected chi connectivity index (χ2v) is 6.57. The van der Waals surface area contributed by atoms with E-state index in [0.717, 1.165) is 18.5 Å². The Labute approximate surface area is 129 Å². The summed E-state index contributed by atoms with van der Waals surface area (Å²) in [6.07, 6.45) is 4.84. The summed E-state index contributed by atoms with van der Waals surface area (Å²) in [5.74, 6) is 0. The molecule has 1 heterocycles. The standard InChI is InChI=1S/C16H18N2S2/c19-15(17-13-7-2-1-3-8-13)18-16(10-4-5-11-16)14-9-6-12-20-14/h1-3,6-9,12H,4-5,10-11H2,(H2,17,18,19). The molecule has 0 bridgehead atoms. The highest BCUT2D eigenvalue weighted by atomic mass is 32.1. The Morgan fingerprint density at radius 1 is 1.05 bits per heavy atom. The average molecular weight is 302 g/mol. The van der Waals surface area contributed by atoms with Crippen molar-refractivity contribution in [1.29, 1.82) is 0 Å². The van der Waals surface area contributed by atoms with Gasteiger partial charge < -0.3 is 10.6 Å². The Hall–Kier alpha value is -1.39. The van der Waals surface area contributed by atoms with E-state index in [4.69, 9.17) is 12.2 Å². The third-order valence-corrected chi connectivity index (χ3v) is 5.11. The fourth-order valence-electron chi connectivity index (χ4n) is 2.86. The first kappa shape index (κ1) is 13.6. The molecular formula is C16H18N2S2. The summed E-state index contributed by atoms with van der Waals surface area (Å²) in [5.41, 5.74) is 1.07. The van der Waals surface area contributed by atoms with E-state index in [1.54, 1.807) is 0 Å².